The summed E-state index contributed by atoms with van der Waals surface area (Å²) in [6.45, 7) is 7.48. The highest BCUT2D eigenvalue weighted by molar-refractivity contribution is 9.10. The highest BCUT2D eigenvalue weighted by Gasteiger charge is 2.08. The van der Waals surface area contributed by atoms with Crippen LogP contribution in [0.25, 0.3) is 0 Å². The Morgan fingerprint density at radius 3 is 2.38 bits per heavy atom. The molecule has 2 aromatic carbocycles. The molecule has 2 rings (SSSR count). The van der Waals surface area contributed by atoms with Gasteiger partial charge in [0.05, 0.1) is 0 Å². The summed E-state index contributed by atoms with van der Waals surface area (Å²) < 4.78 is 7.04. The van der Waals surface area contributed by atoms with Crippen LogP contribution in [0.2, 0.25) is 0 Å². The van der Waals surface area contributed by atoms with Gasteiger partial charge in [0.2, 0.25) is 0 Å². The molecule has 0 fully saturated rings. The lowest BCUT2D eigenvalue weighted by Crippen LogP contribution is -2.04. The van der Waals surface area contributed by atoms with E-state index in [0.29, 0.717) is 19.1 Å². The Bertz CT molecular complexity index is 605. The molecule has 0 heterocycles. The smallest absolute Gasteiger partial charge is 0.127 e. The quantitative estimate of drug-likeness (QED) is 0.832. The molecular formula is C18H22BrNO. The highest BCUT2D eigenvalue weighted by Crippen LogP contribution is 2.28. The summed E-state index contributed by atoms with van der Waals surface area (Å²) >= 11 is 3.49. The van der Waals surface area contributed by atoms with E-state index in [0.717, 1.165) is 21.3 Å². The van der Waals surface area contributed by atoms with E-state index in [-0.39, 0.29) is 0 Å². The Kier molecular flexibility index (Phi) is 5.43. The molecule has 112 valence electrons. The van der Waals surface area contributed by atoms with Crippen LogP contribution in [-0.4, -0.2) is 0 Å². The van der Waals surface area contributed by atoms with Gasteiger partial charge in [-0.25, -0.2) is 0 Å². The van der Waals surface area contributed by atoms with Gasteiger partial charge in [0.25, 0.3) is 0 Å². The second kappa shape index (κ2) is 7.10. The van der Waals surface area contributed by atoms with Gasteiger partial charge in [0, 0.05) is 16.6 Å². The average molecular weight is 348 g/mol. The lowest BCUT2D eigenvalue weighted by molar-refractivity contribution is 0.301. The van der Waals surface area contributed by atoms with E-state index in [1.54, 1.807) is 0 Å². The van der Waals surface area contributed by atoms with E-state index in [1.165, 1.54) is 11.1 Å². The van der Waals surface area contributed by atoms with Crippen molar-refractivity contribution in [3.63, 3.8) is 0 Å². The van der Waals surface area contributed by atoms with Crippen molar-refractivity contribution in [1.29, 1.82) is 0 Å². The first-order valence-corrected chi connectivity index (χ1v) is 8.01. The fourth-order valence-electron chi connectivity index (χ4n) is 2.31. The number of aryl methyl sites for hydroxylation is 1. The van der Waals surface area contributed by atoms with E-state index in [4.69, 9.17) is 10.5 Å². The zero-order chi connectivity index (χ0) is 15.4. The summed E-state index contributed by atoms with van der Waals surface area (Å²) in [5.74, 6) is 1.45. The topological polar surface area (TPSA) is 35.2 Å². The molecule has 0 atom stereocenters. The van der Waals surface area contributed by atoms with Crippen molar-refractivity contribution in [3.8, 4) is 5.75 Å². The van der Waals surface area contributed by atoms with Crippen LogP contribution in [0.4, 0.5) is 0 Å². The minimum Gasteiger partial charge on any atom is -0.488 e. The molecule has 0 saturated carbocycles. The average Bonchev–Trinajstić information content (AvgIpc) is 2.46. The maximum Gasteiger partial charge on any atom is 0.127 e. The molecule has 2 aromatic rings. The maximum absolute atomic E-state index is 6.00. The largest absolute Gasteiger partial charge is 0.488 e. The Balaban J connectivity index is 2.13. The van der Waals surface area contributed by atoms with Gasteiger partial charge in [0.15, 0.2) is 0 Å². The molecule has 0 unspecified atom stereocenters. The van der Waals surface area contributed by atoms with Crippen LogP contribution in [0.3, 0.4) is 0 Å². The van der Waals surface area contributed by atoms with E-state index in [9.17, 15) is 0 Å². The zero-order valence-corrected chi connectivity index (χ0v) is 14.4. The molecule has 0 aliphatic carbocycles. The fourth-order valence-corrected chi connectivity index (χ4v) is 2.93. The summed E-state index contributed by atoms with van der Waals surface area (Å²) in [6.07, 6.45) is 0. The number of benzene rings is 2. The van der Waals surface area contributed by atoms with Crippen molar-refractivity contribution in [3.05, 3.63) is 63.1 Å². The summed E-state index contributed by atoms with van der Waals surface area (Å²) in [7, 11) is 0. The Morgan fingerprint density at radius 1 is 1.14 bits per heavy atom. The molecule has 0 bridgehead atoms. The maximum atomic E-state index is 6.00. The number of rotatable bonds is 5. The van der Waals surface area contributed by atoms with Gasteiger partial charge >= 0.3 is 0 Å². The number of nitrogens with two attached hydrogens (primary N) is 1. The molecule has 3 heteroatoms. The lowest BCUT2D eigenvalue weighted by atomic mass is 10.0. The standard InChI is InChI=1S/C18H22BrNO/c1-12(2)15-6-4-14(5-7-15)11-21-18-13(3)8-17(19)9-16(18)10-20/h4-9,12H,10-11,20H2,1-3H3. The van der Waals surface area contributed by atoms with Gasteiger partial charge in [-0.2, -0.15) is 0 Å². The van der Waals surface area contributed by atoms with Crippen LogP contribution in [-0.2, 0) is 13.2 Å². The second-order valence-corrected chi connectivity index (χ2v) is 6.52. The molecule has 0 saturated heterocycles. The first kappa shape index (κ1) is 16.1. The summed E-state index contributed by atoms with van der Waals surface area (Å²) in [6, 6.07) is 12.7. The van der Waals surface area contributed by atoms with Crippen molar-refractivity contribution < 1.29 is 4.74 Å². The van der Waals surface area contributed by atoms with E-state index in [2.05, 4.69) is 60.1 Å². The Labute approximate surface area is 135 Å². The van der Waals surface area contributed by atoms with Gasteiger partial charge in [-0.15, -0.1) is 0 Å². The van der Waals surface area contributed by atoms with Crippen molar-refractivity contribution in [1.82, 2.24) is 0 Å². The van der Waals surface area contributed by atoms with Crippen LogP contribution in [0.5, 0.6) is 5.75 Å². The third kappa shape index (κ3) is 4.08. The summed E-state index contributed by atoms with van der Waals surface area (Å²) in [5, 5.41) is 0. The van der Waals surface area contributed by atoms with Crippen LogP contribution in [0.1, 0.15) is 42.0 Å². The predicted octanol–water partition coefficient (Wildman–Crippen LogP) is 4.92. The van der Waals surface area contributed by atoms with Crippen LogP contribution in [0, 0.1) is 6.92 Å². The van der Waals surface area contributed by atoms with Crippen LogP contribution in [0.15, 0.2) is 40.9 Å². The first-order valence-electron chi connectivity index (χ1n) is 7.22. The fraction of sp³-hybridized carbons (Fsp3) is 0.333. The molecule has 0 aliphatic rings. The predicted molar refractivity (Wildman–Crippen MR) is 91.6 cm³/mol. The van der Waals surface area contributed by atoms with Crippen molar-refractivity contribution in [2.24, 2.45) is 5.73 Å². The third-order valence-corrected chi connectivity index (χ3v) is 4.02. The number of halogens is 1. The molecule has 0 radical (unpaired) electrons. The normalized spacial score (nSPS) is 11.0. The summed E-state index contributed by atoms with van der Waals surface area (Å²) in [4.78, 5) is 0. The van der Waals surface area contributed by atoms with Crippen molar-refractivity contribution in [2.45, 2.75) is 39.8 Å². The zero-order valence-electron chi connectivity index (χ0n) is 12.8. The van der Waals surface area contributed by atoms with Gasteiger partial charge in [0.1, 0.15) is 12.4 Å². The molecule has 0 spiro atoms. The summed E-state index contributed by atoms with van der Waals surface area (Å²) in [5.41, 5.74) is 10.5. The van der Waals surface area contributed by atoms with Gasteiger partial charge in [-0.05, 0) is 41.7 Å². The molecule has 0 aromatic heterocycles. The number of hydrogen-bond donors (Lipinski definition) is 1. The SMILES string of the molecule is Cc1cc(Br)cc(CN)c1OCc1ccc(C(C)C)cc1. The van der Waals surface area contributed by atoms with Gasteiger partial charge in [-0.1, -0.05) is 54.0 Å². The molecule has 2 N–H and O–H groups in total. The van der Waals surface area contributed by atoms with Crippen molar-refractivity contribution in [2.75, 3.05) is 0 Å². The van der Waals surface area contributed by atoms with E-state index < -0.39 is 0 Å². The Morgan fingerprint density at radius 2 is 1.81 bits per heavy atom. The minimum atomic E-state index is 0.474. The highest BCUT2D eigenvalue weighted by atomic mass is 79.9. The van der Waals surface area contributed by atoms with E-state index >= 15 is 0 Å². The molecule has 0 aliphatic heterocycles. The third-order valence-electron chi connectivity index (χ3n) is 3.57. The molecular weight excluding hydrogens is 326 g/mol. The molecule has 2 nitrogen and oxygen atoms in total. The molecule has 0 amide bonds. The van der Waals surface area contributed by atoms with E-state index in [1.807, 2.05) is 13.0 Å². The van der Waals surface area contributed by atoms with Gasteiger partial charge < -0.3 is 10.5 Å². The monoisotopic (exact) mass is 347 g/mol. The van der Waals surface area contributed by atoms with Crippen LogP contribution >= 0.6 is 15.9 Å². The second-order valence-electron chi connectivity index (χ2n) is 5.60. The minimum absolute atomic E-state index is 0.474. The molecule has 21 heavy (non-hydrogen) atoms. The lowest BCUT2D eigenvalue weighted by Gasteiger charge is -2.14. The number of hydrogen-bond acceptors (Lipinski definition) is 2. The van der Waals surface area contributed by atoms with Gasteiger partial charge in [-0.3, -0.25) is 0 Å². The first-order chi connectivity index (χ1) is 10.0. The Hall–Kier alpha value is -1.32. The van der Waals surface area contributed by atoms with Crippen LogP contribution < -0.4 is 10.5 Å². The van der Waals surface area contributed by atoms with Crippen molar-refractivity contribution >= 4 is 15.9 Å². The number of ether oxygens (including phenoxy) is 1.